The maximum Gasteiger partial charge on any atom is 0.146 e. The highest BCUT2D eigenvalue weighted by atomic mass is 16.5. The highest BCUT2D eigenvalue weighted by molar-refractivity contribution is 5.67. The van der Waals surface area contributed by atoms with Gasteiger partial charge in [-0.2, -0.15) is 0 Å². The molecule has 16 heavy (non-hydrogen) atoms. The van der Waals surface area contributed by atoms with E-state index in [0.29, 0.717) is 11.5 Å². The van der Waals surface area contributed by atoms with E-state index in [-0.39, 0.29) is 5.92 Å². The van der Waals surface area contributed by atoms with Gasteiger partial charge in [-0.05, 0) is 6.07 Å². The van der Waals surface area contributed by atoms with Crippen molar-refractivity contribution in [2.75, 3.05) is 26.1 Å². The number of ether oxygens (including phenoxy) is 2. The van der Waals surface area contributed by atoms with E-state index in [1.807, 2.05) is 19.1 Å². The molecule has 0 radical (unpaired) electrons. The van der Waals surface area contributed by atoms with Gasteiger partial charge in [0.15, 0.2) is 0 Å². The zero-order valence-electron chi connectivity index (χ0n) is 9.78. The third-order valence-corrected chi connectivity index (χ3v) is 3.02. The number of anilines is 1. The normalized spacial score (nSPS) is 23.2. The highest BCUT2D eigenvalue weighted by Crippen LogP contribution is 2.41. The van der Waals surface area contributed by atoms with E-state index in [0.717, 1.165) is 17.8 Å². The van der Waals surface area contributed by atoms with Crippen molar-refractivity contribution in [3.63, 3.8) is 0 Å². The number of benzene rings is 1. The Bertz CT molecular complexity index is 392. The zero-order valence-corrected chi connectivity index (χ0v) is 9.78. The summed E-state index contributed by atoms with van der Waals surface area (Å²) in [5.41, 5.74) is 1.71. The van der Waals surface area contributed by atoms with Gasteiger partial charge in [0.2, 0.25) is 0 Å². The van der Waals surface area contributed by atoms with Crippen LogP contribution in [0.1, 0.15) is 18.6 Å². The Balaban J connectivity index is 2.52. The molecule has 0 amide bonds. The van der Waals surface area contributed by atoms with Gasteiger partial charge in [-0.3, -0.25) is 0 Å². The molecular weight excluding hydrogens is 206 g/mol. The van der Waals surface area contributed by atoms with E-state index >= 15 is 0 Å². The molecule has 4 nitrogen and oxygen atoms in total. The quantitative estimate of drug-likeness (QED) is 0.802. The van der Waals surface area contributed by atoms with E-state index in [2.05, 4.69) is 5.32 Å². The third kappa shape index (κ3) is 1.69. The summed E-state index contributed by atoms with van der Waals surface area (Å²) in [6, 6.07) is 3.67. The van der Waals surface area contributed by atoms with Crippen LogP contribution in [-0.2, 0) is 0 Å². The van der Waals surface area contributed by atoms with Gasteiger partial charge in [0.25, 0.3) is 0 Å². The average Bonchev–Trinajstić information content (AvgIpc) is 2.32. The summed E-state index contributed by atoms with van der Waals surface area (Å²) in [5.74, 6) is 1.59. The number of aliphatic hydroxyl groups is 1. The van der Waals surface area contributed by atoms with E-state index < -0.39 is 6.10 Å². The molecule has 0 aliphatic carbocycles. The lowest BCUT2D eigenvalue weighted by molar-refractivity contribution is 0.119. The standard InChI is InChI=1S/C12H17NO3/c1-7-6-13-11-9(12(7)14)4-8(15-2)5-10(11)16-3/h4-5,7,12-14H,6H2,1-3H3. The molecule has 0 saturated carbocycles. The van der Waals surface area contributed by atoms with Gasteiger partial charge in [-0.15, -0.1) is 0 Å². The van der Waals surface area contributed by atoms with Crippen molar-refractivity contribution >= 4 is 5.69 Å². The predicted octanol–water partition coefficient (Wildman–Crippen LogP) is 1.80. The number of hydrogen-bond acceptors (Lipinski definition) is 4. The maximum absolute atomic E-state index is 10.1. The molecule has 1 aromatic rings. The van der Waals surface area contributed by atoms with Crippen LogP contribution in [0.15, 0.2) is 12.1 Å². The largest absolute Gasteiger partial charge is 0.497 e. The number of hydrogen-bond donors (Lipinski definition) is 2. The van der Waals surface area contributed by atoms with Crippen molar-refractivity contribution in [2.24, 2.45) is 5.92 Å². The molecule has 0 spiro atoms. The summed E-state index contributed by atoms with van der Waals surface area (Å²) < 4.78 is 10.5. The van der Waals surface area contributed by atoms with Gasteiger partial charge in [0.05, 0.1) is 26.0 Å². The van der Waals surface area contributed by atoms with Gasteiger partial charge < -0.3 is 19.9 Å². The Morgan fingerprint density at radius 1 is 1.31 bits per heavy atom. The number of nitrogens with one attached hydrogen (secondary N) is 1. The first-order valence-electron chi connectivity index (χ1n) is 5.35. The van der Waals surface area contributed by atoms with Gasteiger partial charge in [0.1, 0.15) is 11.5 Å². The third-order valence-electron chi connectivity index (χ3n) is 3.02. The SMILES string of the molecule is COc1cc(OC)c2c(c1)C(O)C(C)CN2. The molecule has 0 aromatic heterocycles. The lowest BCUT2D eigenvalue weighted by Crippen LogP contribution is -2.25. The molecule has 88 valence electrons. The van der Waals surface area contributed by atoms with E-state index in [4.69, 9.17) is 9.47 Å². The smallest absolute Gasteiger partial charge is 0.146 e. The van der Waals surface area contributed by atoms with Crippen LogP contribution in [-0.4, -0.2) is 25.9 Å². The summed E-state index contributed by atoms with van der Waals surface area (Å²) >= 11 is 0. The fraction of sp³-hybridized carbons (Fsp3) is 0.500. The van der Waals surface area contributed by atoms with Crippen molar-refractivity contribution in [1.29, 1.82) is 0 Å². The average molecular weight is 223 g/mol. The molecule has 0 saturated heterocycles. The van der Waals surface area contributed by atoms with Crippen LogP contribution in [0.5, 0.6) is 11.5 Å². The fourth-order valence-corrected chi connectivity index (χ4v) is 1.99. The van der Waals surface area contributed by atoms with Gasteiger partial charge in [0, 0.05) is 24.1 Å². The fourth-order valence-electron chi connectivity index (χ4n) is 1.99. The maximum atomic E-state index is 10.1. The molecule has 0 bridgehead atoms. The lowest BCUT2D eigenvalue weighted by atomic mass is 9.91. The molecule has 2 unspecified atom stereocenters. The second-order valence-corrected chi connectivity index (χ2v) is 4.10. The molecular formula is C12H17NO3. The first kappa shape index (κ1) is 11.1. The predicted molar refractivity (Wildman–Crippen MR) is 62.2 cm³/mol. The minimum atomic E-state index is -0.472. The summed E-state index contributed by atoms with van der Waals surface area (Å²) in [7, 11) is 3.22. The van der Waals surface area contributed by atoms with Crippen molar-refractivity contribution in [3.8, 4) is 11.5 Å². The number of aliphatic hydroxyl groups excluding tert-OH is 1. The summed E-state index contributed by atoms with van der Waals surface area (Å²) in [6.45, 7) is 2.75. The van der Waals surface area contributed by atoms with Crippen LogP contribution in [0, 0.1) is 5.92 Å². The van der Waals surface area contributed by atoms with Crippen molar-refractivity contribution < 1.29 is 14.6 Å². The minimum Gasteiger partial charge on any atom is -0.497 e. The number of fused-ring (bicyclic) bond motifs is 1. The van der Waals surface area contributed by atoms with Crippen LogP contribution in [0.25, 0.3) is 0 Å². The van der Waals surface area contributed by atoms with Crippen LogP contribution in [0.3, 0.4) is 0 Å². The topological polar surface area (TPSA) is 50.7 Å². The second kappa shape index (κ2) is 4.22. The molecule has 4 heteroatoms. The lowest BCUT2D eigenvalue weighted by Gasteiger charge is -2.30. The van der Waals surface area contributed by atoms with Crippen molar-refractivity contribution in [1.82, 2.24) is 0 Å². The van der Waals surface area contributed by atoms with Gasteiger partial charge in [-0.25, -0.2) is 0 Å². The van der Waals surface area contributed by atoms with E-state index in [1.165, 1.54) is 0 Å². The Kier molecular flexibility index (Phi) is 2.92. The Morgan fingerprint density at radius 3 is 2.69 bits per heavy atom. The first-order valence-corrected chi connectivity index (χ1v) is 5.35. The summed E-state index contributed by atoms with van der Waals surface area (Å²) in [5, 5.41) is 13.4. The second-order valence-electron chi connectivity index (χ2n) is 4.10. The highest BCUT2D eigenvalue weighted by Gasteiger charge is 2.27. The first-order chi connectivity index (χ1) is 7.67. The van der Waals surface area contributed by atoms with Crippen LogP contribution < -0.4 is 14.8 Å². The summed E-state index contributed by atoms with van der Waals surface area (Å²) in [4.78, 5) is 0. The van der Waals surface area contributed by atoms with Gasteiger partial charge in [-0.1, -0.05) is 6.92 Å². The van der Waals surface area contributed by atoms with E-state index in [1.54, 1.807) is 14.2 Å². The van der Waals surface area contributed by atoms with Crippen LogP contribution >= 0.6 is 0 Å². The number of rotatable bonds is 2. The molecule has 1 aromatic carbocycles. The molecule has 2 N–H and O–H groups in total. The number of methoxy groups -OCH3 is 2. The monoisotopic (exact) mass is 223 g/mol. The molecule has 1 aliphatic heterocycles. The van der Waals surface area contributed by atoms with Crippen molar-refractivity contribution in [2.45, 2.75) is 13.0 Å². The Morgan fingerprint density at radius 2 is 2.06 bits per heavy atom. The van der Waals surface area contributed by atoms with Crippen LogP contribution in [0.2, 0.25) is 0 Å². The van der Waals surface area contributed by atoms with Crippen LogP contribution in [0.4, 0.5) is 5.69 Å². The Labute approximate surface area is 95.2 Å². The summed E-state index contributed by atoms with van der Waals surface area (Å²) in [6.07, 6.45) is -0.472. The molecule has 1 heterocycles. The molecule has 2 atom stereocenters. The van der Waals surface area contributed by atoms with Gasteiger partial charge >= 0.3 is 0 Å². The van der Waals surface area contributed by atoms with E-state index in [9.17, 15) is 5.11 Å². The Hall–Kier alpha value is -1.42. The molecule has 0 fully saturated rings. The molecule has 1 aliphatic rings. The molecule has 2 rings (SSSR count). The zero-order chi connectivity index (χ0) is 11.7. The minimum absolute atomic E-state index is 0.185. The van der Waals surface area contributed by atoms with Crippen molar-refractivity contribution in [3.05, 3.63) is 17.7 Å².